The summed E-state index contributed by atoms with van der Waals surface area (Å²) in [7, 11) is 0. The van der Waals surface area contributed by atoms with Crippen molar-refractivity contribution in [1.29, 1.82) is 0 Å². The monoisotopic (exact) mass is 278 g/mol. The molecule has 2 heteroatoms. The van der Waals surface area contributed by atoms with Gasteiger partial charge < -0.3 is 0 Å². The first kappa shape index (κ1) is 14.8. The second kappa shape index (κ2) is 6.69. The zero-order valence-electron chi connectivity index (χ0n) is 12.4. The summed E-state index contributed by atoms with van der Waals surface area (Å²) in [5.41, 5.74) is 0. The van der Waals surface area contributed by atoms with E-state index in [-0.39, 0.29) is 0 Å². The number of hydrogen-bond acceptors (Lipinski definition) is 2. The molecule has 19 heavy (non-hydrogen) atoms. The molecule has 1 heterocycles. The number of ketones is 1. The molecule has 0 bridgehead atoms. The van der Waals surface area contributed by atoms with Crippen molar-refractivity contribution in [3.8, 4) is 0 Å². The Labute approximate surface area is 121 Å². The van der Waals surface area contributed by atoms with Crippen LogP contribution < -0.4 is 0 Å². The number of thiophene rings is 1. The molecule has 0 aliphatic heterocycles. The molecule has 1 aliphatic carbocycles. The van der Waals surface area contributed by atoms with Crippen LogP contribution in [-0.4, -0.2) is 5.78 Å². The molecule has 0 aromatic carbocycles. The molecule has 1 aromatic heterocycles. The number of carbonyl (C=O) groups is 1. The van der Waals surface area contributed by atoms with Crippen LogP contribution in [0.25, 0.3) is 0 Å². The molecule has 1 aromatic rings. The summed E-state index contributed by atoms with van der Waals surface area (Å²) < 4.78 is 0. The molecule has 0 atom stereocenters. The van der Waals surface area contributed by atoms with Crippen molar-refractivity contribution in [2.75, 3.05) is 0 Å². The van der Waals surface area contributed by atoms with E-state index in [0.29, 0.717) is 18.1 Å². The summed E-state index contributed by atoms with van der Waals surface area (Å²) in [4.78, 5) is 15.0. The largest absolute Gasteiger partial charge is 0.299 e. The average Bonchev–Trinajstić information content (AvgIpc) is 2.86. The van der Waals surface area contributed by atoms with Gasteiger partial charge in [0, 0.05) is 22.1 Å². The molecule has 2 rings (SSSR count). The van der Waals surface area contributed by atoms with Gasteiger partial charge >= 0.3 is 0 Å². The van der Waals surface area contributed by atoms with Crippen LogP contribution in [-0.2, 0) is 17.6 Å². The SMILES string of the molecule is CCc1ccc(CC(=O)C2CCC(C(C)C)CC2)s1. The van der Waals surface area contributed by atoms with Crippen LogP contribution in [0.4, 0.5) is 0 Å². The Kier molecular flexibility index (Phi) is 5.20. The summed E-state index contributed by atoms with van der Waals surface area (Å²) in [6, 6.07) is 4.31. The highest BCUT2D eigenvalue weighted by Crippen LogP contribution is 2.34. The summed E-state index contributed by atoms with van der Waals surface area (Å²) in [6.45, 7) is 6.79. The Morgan fingerprint density at radius 3 is 2.37 bits per heavy atom. The third-order valence-electron chi connectivity index (χ3n) is 4.58. The van der Waals surface area contributed by atoms with Gasteiger partial charge in [0.15, 0.2) is 0 Å². The lowest BCUT2D eigenvalue weighted by Crippen LogP contribution is -2.25. The van der Waals surface area contributed by atoms with Gasteiger partial charge in [-0.1, -0.05) is 20.8 Å². The van der Waals surface area contributed by atoms with E-state index in [1.165, 1.54) is 22.6 Å². The summed E-state index contributed by atoms with van der Waals surface area (Å²) in [6.07, 6.45) is 6.48. The van der Waals surface area contributed by atoms with Gasteiger partial charge in [-0.05, 0) is 56.1 Å². The minimum Gasteiger partial charge on any atom is -0.299 e. The van der Waals surface area contributed by atoms with E-state index in [4.69, 9.17) is 0 Å². The fraction of sp³-hybridized carbons (Fsp3) is 0.706. The number of carbonyl (C=O) groups excluding carboxylic acids is 1. The van der Waals surface area contributed by atoms with Gasteiger partial charge in [0.1, 0.15) is 5.78 Å². The third-order valence-corrected chi connectivity index (χ3v) is 5.81. The standard InChI is InChI=1S/C17H26OS/c1-4-15-9-10-16(19-15)11-17(18)14-7-5-13(6-8-14)12(2)3/h9-10,12-14H,4-8,11H2,1-3H3. The fourth-order valence-corrected chi connectivity index (χ4v) is 4.10. The highest BCUT2D eigenvalue weighted by Gasteiger charge is 2.27. The Balaban J connectivity index is 1.84. The topological polar surface area (TPSA) is 17.1 Å². The van der Waals surface area contributed by atoms with Crippen LogP contribution in [0, 0.1) is 17.8 Å². The second-order valence-electron chi connectivity index (χ2n) is 6.22. The van der Waals surface area contributed by atoms with E-state index in [2.05, 4.69) is 32.9 Å². The Hall–Kier alpha value is -0.630. The van der Waals surface area contributed by atoms with Gasteiger partial charge in [0.2, 0.25) is 0 Å². The van der Waals surface area contributed by atoms with Crippen LogP contribution in [0.5, 0.6) is 0 Å². The van der Waals surface area contributed by atoms with E-state index in [1.807, 2.05) is 11.3 Å². The lowest BCUT2D eigenvalue weighted by Gasteiger charge is -2.30. The molecular formula is C17H26OS. The van der Waals surface area contributed by atoms with Crippen molar-refractivity contribution >= 4 is 17.1 Å². The average molecular weight is 278 g/mol. The summed E-state index contributed by atoms with van der Waals surface area (Å²) in [5.74, 6) is 2.44. The normalized spacial score (nSPS) is 23.8. The maximum absolute atomic E-state index is 12.3. The predicted octanol–water partition coefficient (Wildman–Crippen LogP) is 4.88. The van der Waals surface area contributed by atoms with Gasteiger partial charge in [-0.15, -0.1) is 11.3 Å². The van der Waals surface area contributed by atoms with Crippen molar-refractivity contribution < 1.29 is 4.79 Å². The van der Waals surface area contributed by atoms with Gasteiger partial charge in [-0.3, -0.25) is 4.79 Å². The quantitative estimate of drug-likeness (QED) is 0.750. The van der Waals surface area contributed by atoms with Crippen LogP contribution in [0.2, 0.25) is 0 Å². The first-order chi connectivity index (χ1) is 9.10. The van der Waals surface area contributed by atoms with Gasteiger partial charge in [0.05, 0.1) is 0 Å². The molecule has 0 saturated heterocycles. The molecule has 106 valence electrons. The highest BCUT2D eigenvalue weighted by atomic mass is 32.1. The molecule has 0 radical (unpaired) electrons. The van der Waals surface area contributed by atoms with E-state index >= 15 is 0 Å². The van der Waals surface area contributed by atoms with E-state index in [0.717, 1.165) is 31.1 Å². The first-order valence-corrected chi connectivity index (χ1v) is 8.52. The molecule has 1 saturated carbocycles. The molecule has 0 spiro atoms. The Morgan fingerprint density at radius 1 is 1.21 bits per heavy atom. The Morgan fingerprint density at radius 2 is 1.84 bits per heavy atom. The van der Waals surface area contributed by atoms with Crippen LogP contribution >= 0.6 is 11.3 Å². The van der Waals surface area contributed by atoms with Crippen LogP contribution in [0.15, 0.2) is 12.1 Å². The lowest BCUT2D eigenvalue weighted by molar-refractivity contribution is -0.123. The van der Waals surface area contributed by atoms with Gasteiger partial charge in [-0.25, -0.2) is 0 Å². The Bertz CT molecular complexity index is 411. The van der Waals surface area contributed by atoms with Gasteiger partial charge in [0.25, 0.3) is 0 Å². The van der Waals surface area contributed by atoms with Crippen LogP contribution in [0.3, 0.4) is 0 Å². The van der Waals surface area contributed by atoms with E-state index < -0.39 is 0 Å². The van der Waals surface area contributed by atoms with Crippen LogP contribution in [0.1, 0.15) is 56.2 Å². The summed E-state index contributed by atoms with van der Waals surface area (Å²) >= 11 is 1.81. The van der Waals surface area contributed by atoms with Gasteiger partial charge in [-0.2, -0.15) is 0 Å². The van der Waals surface area contributed by atoms with Crippen molar-refractivity contribution in [3.05, 3.63) is 21.9 Å². The zero-order chi connectivity index (χ0) is 13.8. The molecule has 1 fully saturated rings. The number of aryl methyl sites for hydroxylation is 1. The fourth-order valence-electron chi connectivity index (χ4n) is 3.13. The minimum atomic E-state index is 0.335. The maximum Gasteiger partial charge on any atom is 0.141 e. The van der Waals surface area contributed by atoms with Crippen molar-refractivity contribution in [2.45, 2.75) is 59.3 Å². The predicted molar refractivity (Wildman–Crippen MR) is 82.7 cm³/mol. The minimum absolute atomic E-state index is 0.335. The lowest BCUT2D eigenvalue weighted by atomic mass is 9.75. The maximum atomic E-state index is 12.3. The smallest absolute Gasteiger partial charge is 0.141 e. The second-order valence-corrected chi connectivity index (χ2v) is 7.47. The molecule has 1 aliphatic rings. The molecule has 1 nitrogen and oxygen atoms in total. The number of Topliss-reactive ketones (excluding diaryl/α,β-unsaturated/α-hetero) is 1. The van der Waals surface area contributed by atoms with E-state index in [1.54, 1.807) is 0 Å². The van der Waals surface area contributed by atoms with Crippen molar-refractivity contribution in [2.24, 2.45) is 17.8 Å². The molecule has 0 N–H and O–H groups in total. The third kappa shape index (κ3) is 3.92. The first-order valence-electron chi connectivity index (χ1n) is 7.70. The molecule has 0 amide bonds. The molecular weight excluding hydrogens is 252 g/mol. The molecule has 0 unspecified atom stereocenters. The zero-order valence-corrected chi connectivity index (χ0v) is 13.3. The van der Waals surface area contributed by atoms with E-state index in [9.17, 15) is 4.79 Å². The van der Waals surface area contributed by atoms with Crippen molar-refractivity contribution in [1.82, 2.24) is 0 Å². The highest BCUT2D eigenvalue weighted by molar-refractivity contribution is 7.12. The van der Waals surface area contributed by atoms with Crippen molar-refractivity contribution in [3.63, 3.8) is 0 Å². The summed E-state index contributed by atoms with van der Waals surface area (Å²) in [5, 5.41) is 0. The number of rotatable bonds is 5. The number of hydrogen-bond donors (Lipinski definition) is 0.